The molecule has 3 fully saturated rings. The lowest BCUT2D eigenvalue weighted by atomic mass is 10.2. The predicted octanol–water partition coefficient (Wildman–Crippen LogP) is 2.04. The monoisotopic (exact) mass is 506 g/mol. The van der Waals surface area contributed by atoms with Crippen molar-refractivity contribution in [2.75, 3.05) is 75.9 Å². The SMILES string of the molecule is O=C(N1CCOCC1)N1CCN(c2nc(NCC3CCCO3)c3ncn(Cc4ccccc4)c3n2)CC1. The van der Waals surface area contributed by atoms with Crippen LogP contribution >= 0.6 is 0 Å². The van der Waals surface area contributed by atoms with Gasteiger partial charge in [-0.2, -0.15) is 9.97 Å². The average molecular weight is 507 g/mol. The number of amides is 2. The molecular formula is C26H34N8O3. The first kappa shape index (κ1) is 23.9. The molecule has 11 nitrogen and oxygen atoms in total. The van der Waals surface area contributed by atoms with Gasteiger partial charge in [0, 0.05) is 52.4 Å². The Morgan fingerprint density at radius 2 is 1.76 bits per heavy atom. The number of aromatic nitrogens is 4. The van der Waals surface area contributed by atoms with Crippen LogP contribution in [0.2, 0.25) is 0 Å². The van der Waals surface area contributed by atoms with Gasteiger partial charge in [0.05, 0.1) is 32.2 Å². The molecule has 5 heterocycles. The number of hydrogen-bond acceptors (Lipinski definition) is 8. The fourth-order valence-electron chi connectivity index (χ4n) is 5.16. The van der Waals surface area contributed by atoms with E-state index in [4.69, 9.17) is 19.4 Å². The number of carbonyl (C=O) groups excluding carboxylic acids is 1. The first-order valence-electron chi connectivity index (χ1n) is 13.2. The van der Waals surface area contributed by atoms with E-state index in [1.54, 1.807) is 0 Å². The minimum absolute atomic E-state index is 0.0965. The van der Waals surface area contributed by atoms with Gasteiger partial charge in [0.25, 0.3) is 0 Å². The van der Waals surface area contributed by atoms with Gasteiger partial charge in [-0.3, -0.25) is 0 Å². The molecule has 2 amide bonds. The molecule has 1 atom stereocenters. The number of anilines is 2. The second-order valence-electron chi connectivity index (χ2n) is 9.77. The van der Waals surface area contributed by atoms with Crippen LogP contribution in [0.1, 0.15) is 18.4 Å². The summed E-state index contributed by atoms with van der Waals surface area (Å²) in [6, 6.07) is 10.4. The Morgan fingerprint density at radius 3 is 2.51 bits per heavy atom. The highest BCUT2D eigenvalue weighted by Gasteiger charge is 2.28. The standard InChI is InChI=1S/C26H34N8O3/c35-26(33-12-15-36-16-13-33)32-10-8-31(9-11-32)25-29-23(27-17-21-7-4-14-37-21)22-24(30-25)34(19-28-22)18-20-5-2-1-3-6-20/h1-3,5-6,19,21H,4,7-18H2,(H,27,29,30). The molecule has 1 aromatic carbocycles. The lowest BCUT2D eigenvalue weighted by molar-refractivity contribution is 0.0428. The number of morpholine rings is 1. The fraction of sp³-hybridized carbons (Fsp3) is 0.538. The first-order valence-corrected chi connectivity index (χ1v) is 13.2. The molecule has 3 saturated heterocycles. The van der Waals surface area contributed by atoms with Crippen LogP contribution in [-0.4, -0.2) is 107 Å². The molecule has 3 aliphatic rings. The van der Waals surface area contributed by atoms with Crippen LogP contribution in [0, 0.1) is 0 Å². The van der Waals surface area contributed by atoms with Crippen molar-refractivity contribution in [2.45, 2.75) is 25.5 Å². The third-order valence-corrected chi connectivity index (χ3v) is 7.28. The molecule has 0 bridgehead atoms. The fourth-order valence-corrected chi connectivity index (χ4v) is 5.16. The number of fused-ring (bicyclic) bond motifs is 1. The summed E-state index contributed by atoms with van der Waals surface area (Å²) in [4.78, 5) is 33.5. The van der Waals surface area contributed by atoms with Crippen LogP contribution in [0.3, 0.4) is 0 Å². The van der Waals surface area contributed by atoms with Crippen molar-refractivity contribution in [3.8, 4) is 0 Å². The van der Waals surface area contributed by atoms with Crippen LogP contribution < -0.4 is 10.2 Å². The summed E-state index contributed by atoms with van der Waals surface area (Å²) in [5.41, 5.74) is 2.75. The van der Waals surface area contributed by atoms with Gasteiger partial charge in [-0.1, -0.05) is 30.3 Å². The van der Waals surface area contributed by atoms with E-state index in [1.165, 1.54) is 5.56 Å². The van der Waals surface area contributed by atoms with E-state index in [2.05, 4.69) is 31.9 Å². The topological polar surface area (TPSA) is 101 Å². The van der Waals surface area contributed by atoms with Crippen LogP contribution in [0.4, 0.5) is 16.6 Å². The Labute approximate surface area is 216 Å². The van der Waals surface area contributed by atoms with Crippen molar-refractivity contribution in [2.24, 2.45) is 0 Å². The molecule has 0 spiro atoms. The van der Waals surface area contributed by atoms with E-state index in [0.29, 0.717) is 71.5 Å². The third-order valence-electron chi connectivity index (χ3n) is 7.28. The summed E-state index contributed by atoms with van der Waals surface area (Å²) in [5, 5.41) is 3.49. The number of nitrogens with one attached hydrogen (secondary N) is 1. The number of carbonyl (C=O) groups is 1. The van der Waals surface area contributed by atoms with Gasteiger partial charge in [0.1, 0.15) is 0 Å². The van der Waals surface area contributed by atoms with Gasteiger partial charge >= 0.3 is 6.03 Å². The summed E-state index contributed by atoms with van der Waals surface area (Å²) >= 11 is 0. The van der Waals surface area contributed by atoms with Crippen molar-refractivity contribution >= 4 is 29.0 Å². The Hall–Kier alpha value is -3.44. The first-order chi connectivity index (χ1) is 18.2. The molecule has 2 aromatic heterocycles. The molecule has 6 rings (SSSR count). The molecule has 37 heavy (non-hydrogen) atoms. The molecule has 3 aromatic rings. The van der Waals surface area contributed by atoms with E-state index >= 15 is 0 Å². The molecule has 1 N–H and O–H groups in total. The molecular weight excluding hydrogens is 472 g/mol. The highest BCUT2D eigenvalue weighted by Crippen LogP contribution is 2.25. The van der Waals surface area contributed by atoms with E-state index in [0.717, 1.165) is 36.4 Å². The Balaban J connectivity index is 1.22. The summed E-state index contributed by atoms with van der Waals surface area (Å²) < 4.78 is 13.3. The van der Waals surface area contributed by atoms with Crippen molar-refractivity contribution < 1.29 is 14.3 Å². The Morgan fingerprint density at radius 1 is 0.973 bits per heavy atom. The van der Waals surface area contributed by atoms with Gasteiger partial charge in [-0.15, -0.1) is 0 Å². The van der Waals surface area contributed by atoms with Gasteiger partial charge in [0.15, 0.2) is 17.0 Å². The lowest BCUT2D eigenvalue weighted by Gasteiger charge is -2.38. The van der Waals surface area contributed by atoms with Crippen molar-refractivity contribution in [1.82, 2.24) is 29.3 Å². The highest BCUT2D eigenvalue weighted by atomic mass is 16.5. The minimum atomic E-state index is 0.0965. The molecule has 1 unspecified atom stereocenters. The second kappa shape index (κ2) is 10.9. The summed E-state index contributed by atoms with van der Waals surface area (Å²) in [7, 11) is 0. The summed E-state index contributed by atoms with van der Waals surface area (Å²) in [6.07, 6.45) is 4.17. The number of ether oxygens (including phenoxy) is 2. The van der Waals surface area contributed by atoms with Gasteiger partial charge in [-0.05, 0) is 18.4 Å². The van der Waals surface area contributed by atoms with Gasteiger partial charge in [0.2, 0.25) is 5.95 Å². The van der Waals surface area contributed by atoms with Gasteiger partial charge in [-0.25, -0.2) is 9.78 Å². The normalized spacial score (nSPS) is 20.5. The lowest BCUT2D eigenvalue weighted by Crippen LogP contribution is -2.55. The maximum atomic E-state index is 12.9. The second-order valence-corrected chi connectivity index (χ2v) is 9.77. The molecule has 0 aliphatic carbocycles. The van der Waals surface area contributed by atoms with Gasteiger partial charge < -0.3 is 34.1 Å². The summed E-state index contributed by atoms with van der Waals surface area (Å²) in [6.45, 7) is 7.36. The van der Waals surface area contributed by atoms with Crippen molar-refractivity contribution in [3.05, 3.63) is 42.2 Å². The maximum absolute atomic E-state index is 12.9. The number of piperazine rings is 1. The Kier molecular flexibility index (Phi) is 7.05. The van der Waals surface area contributed by atoms with Crippen LogP contribution in [0.25, 0.3) is 11.2 Å². The number of urea groups is 1. The average Bonchev–Trinajstić information content (AvgIpc) is 3.63. The largest absolute Gasteiger partial charge is 0.378 e. The van der Waals surface area contributed by atoms with Crippen LogP contribution in [0.5, 0.6) is 0 Å². The third kappa shape index (κ3) is 5.33. The van der Waals surface area contributed by atoms with E-state index in [-0.39, 0.29) is 12.1 Å². The van der Waals surface area contributed by atoms with Crippen molar-refractivity contribution in [1.29, 1.82) is 0 Å². The zero-order valence-electron chi connectivity index (χ0n) is 21.1. The van der Waals surface area contributed by atoms with E-state index < -0.39 is 0 Å². The predicted molar refractivity (Wildman–Crippen MR) is 140 cm³/mol. The number of hydrogen-bond donors (Lipinski definition) is 1. The highest BCUT2D eigenvalue weighted by molar-refractivity contribution is 5.84. The molecule has 3 aliphatic heterocycles. The summed E-state index contributed by atoms with van der Waals surface area (Å²) in [5.74, 6) is 1.39. The minimum Gasteiger partial charge on any atom is -0.378 e. The van der Waals surface area contributed by atoms with E-state index in [1.807, 2.05) is 34.3 Å². The molecule has 0 radical (unpaired) electrons. The number of benzene rings is 1. The number of imidazole rings is 1. The zero-order valence-corrected chi connectivity index (χ0v) is 21.1. The smallest absolute Gasteiger partial charge is 0.320 e. The Bertz CT molecular complexity index is 1200. The molecule has 11 heteroatoms. The van der Waals surface area contributed by atoms with Crippen LogP contribution in [0.15, 0.2) is 36.7 Å². The van der Waals surface area contributed by atoms with E-state index in [9.17, 15) is 4.79 Å². The van der Waals surface area contributed by atoms with Crippen LogP contribution in [-0.2, 0) is 16.0 Å². The quantitative estimate of drug-likeness (QED) is 0.542. The number of nitrogens with zero attached hydrogens (tertiary/aromatic N) is 7. The maximum Gasteiger partial charge on any atom is 0.320 e. The molecule has 196 valence electrons. The zero-order chi connectivity index (χ0) is 25.0. The number of rotatable bonds is 6. The molecule has 0 saturated carbocycles. The van der Waals surface area contributed by atoms with Crippen molar-refractivity contribution in [3.63, 3.8) is 0 Å².